The molecule has 0 aliphatic carbocycles. The van der Waals surface area contributed by atoms with E-state index in [9.17, 15) is 4.79 Å². The van der Waals surface area contributed by atoms with E-state index >= 15 is 0 Å². The van der Waals surface area contributed by atoms with Gasteiger partial charge in [-0.1, -0.05) is 5.21 Å². The zero-order chi connectivity index (χ0) is 16.9. The van der Waals surface area contributed by atoms with E-state index in [1.807, 2.05) is 22.2 Å². The van der Waals surface area contributed by atoms with Crippen molar-refractivity contribution in [2.45, 2.75) is 39.4 Å². The van der Waals surface area contributed by atoms with Gasteiger partial charge in [-0.3, -0.25) is 9.58 Å². The van der Waals surface area contributed by atoms with Crippen LogP contribution in [0, 0.1) is 12.8 Å². The van der Waals surface area contributed by atoms with Crippen LogP contribution in [-0.2, 0) is 19.6 Å². The van der Waals surface area contributed by atoms with Gasteiger partial charge in [-0.05, 0) is 44.4 Å². The van der Waals surface area contributed by atoms with E-state index in [0.717, 1.165) is 25.3 Å². The Morgan fingerprint density at radius 2 is 2.38 bits per heavy atom. The van der Waals surface area contributed by atoms with Crippen molar-refractivity contribution in [2.24, 2.45) is 11.7 Å². The molecule has 1 aliphatic heterocycles. The van der Waals surface area contributed by atoms with Crippen LogP contribution in [0.4, 0.5) is 4.79 Å². The van der Waals surface area contributed by atoms with Crippen molar-refractivity contribution < 1.29 is 4.79 Å². The molecule has 0 spiro atoms. The molecule has 1 saturated heterocycles. The summed E-state index contributed by atoms with van der Waals surface area (Å²) in [5.41, 5.74) is 5.80. The highest BCUT2D eigenvalue weighted by Crippen LogP contribution is 2.23. The van der Waals surface area contributed by atoms with E-state index in [2.05, 4.69) is 39.6 Å². The predicted molar refractivity (Wildman–Crippen MR) is 93.5 cm³/mol. The topological polar surface area (TPSA) is 89.1 Å². The molecule has 3 N–H and O–H groups in total. The number of amides is 2. The summed E-state index contributed by atoms with van der Waals surface area (Å²) in [7, 11) is 0. The summed E-state index contributed by atoms with van der Waals surface area (Å²) >= 11 is 1.88. The Bertz CT molecular complexity index is 682. The number of nitrogens with two attached hydrogens (primary N) is 1. The molecule has 0 radical (unpaired) electrons. The zero-order valence-electron chi connectivity index (χ0n) is 13.9. The lowest BCUT2D eigenvalue weighted by Gasteiger charge is -2.32. The second-order valence-electron chi connectivity index (χ2n) is 6.41. The maximum atomic E-state index is 10.7. The Morgan fingerprint density at radius 1 is 1.50 bits per heavy atom. The van der Waals surface area contributed by atoms with Crippen molar-refractivity contribution in [3.05, 3.63) is 33.8 Å². The molecule has 0 saturated carbocycles. The molecule has 130 valence electrons. The smallest absolute Gasteiger partial charge is 0.312 e. The average molecular weight is 348 g/mol. The van der Waals surface area contributed by atoms with Crippen molar-refractivity contribution in [3.63, 3.8) is 0 Å². The summed E-state index contributed by atoms with van der Waals surface area (Å²) in [6.45, 7) is 6.64. The molecule has 2 amide bonds. The van der Waals surface area contributed by atoms with Crippen molar-refractivity contribution in [3.8, 4) is 0 Å². The summed E-state index contributed by atoms with van der Waals surface area (Å²) in [4.78, 5) is 16.1. The first-order valence-corrected chi connectivity index (χ1v) is 9.10. The lowest BCUT2D eigenvalue weighted by Crippen LogP contribution is -2.36. The second kappa shape index (κ2) is 7.76. The van der Waals surface area contributed by atoms with Crippen LogP contribution in [0.1, 0.15) is 28.3 Å². The third kappa shape index (κ3) is 4.78. The number of aromatic nitrogens is 3. The molecule has 3 heterocycles. The van der Waals surface area contributed by atoms with Gasteiger partial charge >= 0.3 is 6.03 Å². The summed E-state index contributed by atoms with van der Waals surface area (Å²) < 4.78 is 1.88. The first kappa shape index (κ1) is 16.9. The molecule has 0 unspecified atom stereocenters. The third-order valence-corrected chi connectivity index (χ3v) is 5.24. The molecular weight excluding hydrogens is 324 g/mol. The highest BCUT2D eigenvalue weighted by atomic mass is 32.1. The van der Waals surface area contributed by atoms with Crippen LogP contribution in [0.25, 0.3) is 0 Å². The van der Waals surface area contributed by atoms with Crippen molar-refractivity contribution in [1.82, 2.24) is 25.2 Å². The summed E-state index contributed by atoms with van der Waals surface area (Å²) in [6, 6.07) is 3.88. The van der Waals surface area contributed by atoms with E-state index in [0.29, 0.717) is 12.5 Å². The maximum Gasteiger partial charge on any atom is 0.312 e. The number of carbonyl (C=O) groups is 1. The number of rotatable bonds is 6. The number of hydrogen-bond donors (Lipinski definition) is 2. The van der Waals surface area contributed by atoms with Crippen molar-refractivity contribution >= 4 is 17.4 Å². The first-order chi connectivity index (χ1) is 11.6. The van der Waals surface area contributed by atoms with Crippen LogP contribution in [0.2, 0.25) is 0 Å². The number of primary amides is 1. The largest absolute Gasteiger partial charge is 0.352 e. The van der Waals surface area contributed by atoms with Crippen LogP contribution in [0.5, 0.6) is 0 Å². The molecule has 0 aromatic carbocycles. The van der Waals surface area contributed by atoms with Crippen LogP contribution < -0.4 is 11.1 Å². The highest BCUT2D eigenvalue weighted by Gasteiger charge is 2.21. The zero-order valence-corrected chi connectivity index (χ0v) is 14.8. The first-order valence-electron chi connectivity index (χ1n) is 8.28. The summed E-state index contributed by atoms with van der Waals surface area (Å²) in [6.07, 6.45) is 4.33. The van der Waals surface area contributed by atoms with Gasteiger partial charge < -0.3 is 11.1 Å². The van der Waals surface area contributed by atoms with E-state index in [-0.39, 0.29) is 0 Å². The molecule has 24 heavy (non-hydrogen) atoms. The molecule has 7 nitrogen and oxygen atoms in total. The quantitative estimate of drug-likeness (QED) is 0.832. The minimum Gasteiger partial charge on any atom is -0.352 e. The van der Waals surface area contributed by atoms with Crippen LogP contribution in [-0.4, -0.2) is 39.0 Å². The van der Waals surface area contributed by atoms with Crippen molar-refractivity contribution in [1.29, 1.82) is 0 Å². The molecule has 2 aromatic rings. The predicted octanol–water partition coefficient (Wildman–Crippen LogP) is 1.73. The Hall–Kier alpha value is -1.93. The molecular formula is C16H24N6OS. The number of carbonyl (C=O) groups excluding carboxylic acids is 1. The molecule has 1 fully saturated rings. The number of nitrogens with one attached hydrogen (secondary N) is 1. The fraction of sp³-hybridized carbons (Fsp3) is 0.562. The van der Waals surface area contributed by atoms with Gasteiger partial charge in [-0.15, -0.1) is 16.4 Å². The fourth-order valence-electron chi connectivity index (χ4n) is 3.19. The molecule has 3 rings (SSSR count). The van der Waals surface area contributed by atoms with Crippen molar-refractivity contribution in [2.75, 3.05) is 13.1 Å². The fourth-order valence-corrected chi connectivity index (χ4v) is 4.12. The van der Waals surface area contributed by atoms with Gasteiger partial charge in [0.2, 0.25) is 0 Å². The van der Waals surface area contributed by atoms with Gasteiger partial charge in [0.15, 0.2) is 0 Å². The highest BCUT2D eigenvalue weighted by molar-refractivity contribution is 7.11. The number of nitrogens with zero attached hydrogens (tertiary/aromatic N) is 4. The minimum atomic E-state index is -0.545. The third-order valence-electron chi connectivity index (χ3n) is 4.25. The van der Waals surface area contributed by atoms with Crippen LogP contribution >= 0.6 is 11.3 Å². The number of piperidine rings is 1. The second-order valence-corrected chi connectivity index (χ2v) is 7.78. The van der Waals surface area contributed by atoms with Gasteiger partial charge in [-0.25, -0.2) is 4.79 Å². The monoisotopic (exact) mass is 348 g/mol. The average Bonchev–Trinajstić information content (AvgIpc) is 3.15. The van der Waals surface area contributed by atoms with E-state index in [1.54, 1.807) is 0 Å². The minimum absolute atomic E-state index is 0.323. The van der Waals surface area contributed by atoms with Gasteiger partial charge in [0.1, 0.15) is 5.69 Å². The van der Waals surface area contributed by atoms with Gasteiger partial charge in [-0.2, -0.15) is 0 Å². The number of urea groups is 1. The SMILES string of the molecule is Cc1ccc(CN2CCC[C@@H](Cn3cc(CNC(N)=O)nn3)C2)s1. The Kier molecular flexibility index (Phi) is 5.47. The molecule has 1 aliphatic rings. The Morgan fingerprint density at radius 3 is 3.12 bits per heavy atom. The van der Waals surface area contributed by atoms with E-state index in [1.165, 1.54) is 29.1 Å². The number of aryl methyl sites for hydroxylation is 1. The molecule has 1 atom stereocenters. The standard InChI is InChI=1S/C16H24N6OS/c1-12-4-5-15(24-12)11-21-6-2-3-13(8-21)9-22-10-14(19-20-22)7-18-16(17)23/h4-5,10,13H,2-3,6-9,11H2,1H3,(H3,17,18,23)/t13-/m1/s1. The molecule has 8 heteroatoms. The normalized spacial score (nSPS) is 18.6. The number of hydrogen-bond acceptors (Lipinski definition) is 5. The van der Waals surface area contributed by atoms with Gasteiger partial charge in [0.25, 0.3) is 0 Å². The number of likely N-dealkylation sites (tertiary alicyclic amines) is 1. The molecule has 2 aromatic heterocycles. The lowest BCUT2D eigenvalue weighted by molar-refractivity contribution is 0.154. The number of thiophene rings is 1. The summed E-state index contributed by atoms with van der Waals surface area (Å²) in [5.74, 6) is 0.582. The summed E-state index contributed by atoms with van der Waals surface area (Å²) in [5, 5.41) is 10.8. The Labute approximate surface area is 145 Å². The Balaban J connectivity index is 1.50. The lowest BCUT2D eigenvalue weighted by atomic mass is 9.98. The van der Waals surface area contributed by atoms with Gasteiger partial charge in [0, 0.05) is 29.4 Å². The van der Waals surface area contributed by atoms with E-state index in [4.69, 9.17) is 5.73 Å². The van der Waals surface area contributed by atoms with Crippen LogP contribution in [0.15, 0.2) is 18.3 Å². The van der Waals surface area contributed by atoms with Gasteiger partial charge in [0.05, 0.1) is 12.7 Å². The molecule has 0 bridgehead atoms. The maximum absolute atomic E-state index is 10.7. The van der Waals surface area contributed by atoms with Crippen LogP contribution in [0.3, 0.4) is 0 Å². The van der Waals surface area contributed by atoms with E-state index < -0.39 is 6.03 Å².